The quantitative estimate of drug-likeness (QED) is 0.802. The SMILES string of the molecule is COc1ccc(F)c(C(C)N)c1Cl. The van der Waals surface area contributed by atoms with Gasteiger partial charge in [-0.15, -0.1) is 0 Å². The molecule has 1 unspecified atom stereocenters. The minimum Gasteiger partial charge on any atom is -0.495 e. The third-order valence-corrected chi connectivity index (χ3v) is 2.16. The number of hydrogen-bond donors (Lipinski definition) is 1. The van der Waals surface area contributed by atoms with Crippen LogP contribution in [0.25, 0.3) is 0 Å². The molecule has 13 heavy (non-hydrogen) atoms. The van der Waals surface area contributed by atoms with Crippen molar-refractivity contribution in [2.75, 3.05) is 7.11 Å². The van der Waals surface area contributed by atoms with Crippen LogP contribution in [0.5, 0.6) is 5.75 Å². The van der Waals surface area contributed by atoms with Gasteiger partial charge in [0.05, 0.1) is 12.1 Å². The second-order valence-electron chi connectivity index (χ2n) is 2.77. The first-order valence-electron chi connectivity index (χ1n) is 3.85. The predicted molar refractivity (Wildman–Crippen MR) is 50.6 cm³/mol. The van der Waals surface area contributed by atoms with Crippen molar-refractivity contribution in [3.63, 3.8) is 0 Å². The highest BCUT2D eigenvalue weighted by Gasteiger charge is 2.15. The van der Waals surface area contributed by atoms with Gasteiger partial charge in [-0.2, -0.15) is 0 Å². The van der Waals surface area contributed by atoms with Gasteiger partial charge < -0.3 is 10.5 Å². The van der Waals surface area contributed by atoms with Crippen molar-refractivity contribution in [3.8, 4) is 5.75 Å². The molecule has 2 nitrogen and oxygen atoms in total. The summed E-state index contributed by atoms with van der Waals surface area (Å²) >= 11 is 5.86. The van der Waals surface area contributed by atoms with Crippen molar-refractivity contribution in [1.29, 1.82) is 0 Å². The Kier molecular flexibility index (Phi) is 3.12. The first-order valence-corrected chi connectivity index (χ1v) is 4.23. The minimum atomic E-state index is -0.442. The molecule has 2 N–H and O–H groups in total. The standard InChI is InChI=1S/C9H11ClFNO/c1-5(12)8-6(11)3-4-7(13-2)9(8)10/h3-5H,12H2,1-2H3. The molecular formula is C9H11ClFNO. The van der Waals surface area contributed by atoms with Gasteiger partial charge in [0, 0.05) is 11.6 Å². The van der Waals surface area contributed by atoms with Gasteiger partial charge in [0.25, 0.3) is 0 Å². The molecule has 0 saturated carbocycles. The molecule has 0 aliphatic rings. The van der Waals surface area contributed by atoms with Gasteiger partial charge >= 0.3 is 0 Å². The summed E-state index contributed by atoms with van der Waals surface area (Å²) in [6.45, 7) is 1.67. The normalized spacial score (nSPS) is 12.7. The number of methoxy groups -OCH3 is 1. The van der Waals surface area contributed by atoms with Crippen molar-refractivity contribution >= 4 is 11.6 Å². The second-order valence-corrected chi connectivity index (χ2v) is 3.14. The summed E-state index contributed by atoms with van der Waals surface area (Å²) in [6, 6.07) is 2.33. The number of rotatable bonds is 2. The van der Waals surface area contributed by atoms with E-state index in [2.05, 4.69) is 0 Å². The van der Waals surface area contributed by atoms with Crippen molar-refractivity contribution in [1.82, 2.24) is 0 Å². The third kappa shape index (κ3) is 1.92. The molecule has 0 amide bonds. The van der Waals surface area contributed by atoms with Crippen molar-refractivity contribution in [2.24, 2.45) is 5.73 Å². The molecule has 0 aliphatic heterocycles. The van der Waals surface area contributed by atoms with Crippen molar-refractivity contribution in [2.45, 2.75) is 13.0 Å². The average Bonchev–Trinajstić information content (AvgIpc) is 2.04. The molecule has 0 fully saturated rings. The topological polar surface area (TPSA) is 35.2 Å². The largest absolute Gasteiger partial charge is 0.495 e. The zero-order valence-corrected chi connectivity index (χ0v) is 8.23. The Morgan fingerprint density at radius 3 is 2.62 bits per heavy atom. The maximum atomic E-state index is 13.2. The highest BCUT2D eigenvalue weighted by atomic mass is 35.5. The number of ether oxygens (including phenoxy) is 1. The third-order valence-electron chi connectivity index (χ3n) is 1.77. The van der Waals surface area contributed by atoms with E-state index in [1.807, 2.05) is 0 Å². The van der Waals surface area contributed by atoms with Crippen LogP contribution in [-0.2, 0) is 0 Å². The summed E-state index contributed by atoms with van der Waals surface area (Å²) in [5.41, 5.74) is 5.85. The summed E-state index contributed by atoms with van der Waals surface area (Å²) in [4.78, 5) is 0. The Hall–Kier alpha value is -0.800. The highest BCUT2D eigenvalue weighted by Crippen LogP contribution is 2.32. The molecule has 0 saturated heterocycles. The average molecular weight is 204 g/mol. The molecule has 0 heterocycles. The zero-order chi connectivity index (χ0) is 10.0. The monoisotopic (exact) mass is 203 g/mol. The number of halogens is 2. The van der Waals surface area contributed by atoms with Crippen LogP contribution in [0.4, 0.5) is 4.39 Å². The van der Waals surface area contributed by atoms with Gasteiger partial charge in [0.1, 0.15) is 11.6 Å². The second kappa shape index (κ2) is 3.94. The Balaban J connectivity index is 3.30. The molecule has 0 radical (unpaired) electrons. The van der Waals surface area contributed by atoms with E-state index in [1.165, 1.54) is 19.2 Å². The summed E-state index contributed by atoms with van der Waals surface area (Å²) in [7, 11) is 1.48. The van der Waals surface area contributed by atoms with Gasteiger partial charge in [0.15, 0.2) is 0 Å². The Labute approximate surface area is 81.4 Å². The van der Waals surface area contributed by atoms with Gasteiger partial charge in [-0.3, -0.25) is 0 Å². The van der Waals surface area contributed by atoms with Crippen molar-refractivity contribution in [3.05, 3.63) is 28.5 Å². The van der Waals surface area contributed by atoms with Crippen LogP contribution < -0.4 is 10.5 Å². The lowest BCUT2D eigenvalue weighted by atomic mass is 10.1. The first kappa shape index (κ1) is 10.3. The Morgan fingerprint density at radius 2 is 2.15 bits per heavy atom. The first-order chi connectivity index (χ1) is 6.07. The smallest absolute Gasteiger partial charge is 0.138 e. The van der Waals surface area contributed by atoms with Crippen LogP contribution >= 0.6 is 11.6 Å². The molecule has 72 valence electrons. The van der Waals surface area contributed by atoms with Crippen LogP contribution in [0.15, 0.2) is 12.1 Å². The van der Waals surface area contributed by atoms with Gasteiger partial charge in [-0.05, 0) is 19.1 Å². The van der Waals surface area contributed by atoms with E-state index in [1.54, 1.807) is 6.92 Å². The Bertz CT molecular complexity index is 315. The molecule has 0 aliphatic carbocycles. The molecule has 1 rings (SSSR count). The van der Waals surface area contributed by atoms with E-state index in [0.29, 0.717) is 11.3 Å². The highest BCUT2D eigenvalue weighted by molar-refractivity contribution is 6.32. The van der Waals surface area contributed by atoms with Crippen LogP contribution in [0.2, 0.25) is 5.02 Å². The molecular weight excluding hydrogens is 193 g/mol. The summed E-state index contributed by atoms with van der Waals surface area (Å²) < 4.78 is 18.1. The molecule has 0 aromatic heterocycles. The van der Waals surface area contributed by atoms with E-state index in [4.69, 9.17) is 22.1 Å². The number of benzene rings is 1. The molecule has 0 bridgehead atoms. The lowest BCUT2D eigenvalue weighted by Gasteiger charge is -2.12. The van der Waals surface area contributed by atoms with Crippen LogP contribution in [0, 0.1) is 5.82 Å². The summed E-state index contributed by atoms with van der Waals surface area (Å²) in [5.74, 6) is 0.0381. The molecule has 1 aromatic carbocycles. The fourth-order valence-electron chi connectivity index (χ4n) is 1.12. The lowest BCUT2D eigenvalue weighted by Crippen LogP contribution is -2.08. The molecule has 4 heteroatoms. The van der Waals surface area contributed by atoms with E-state index < -0.39 is 11.9 Å². The van der Waals surface area contributed by atoms with Crippen LogP contribution in [-0.4, -0.2) is 7.11 Å². The molecule has 1 aromatic rings. The van der Waals surface area contributed by atoms with E-state index in [9.17, 15) is 4.39 Å². The van der Waals surface area contributed by atoms with Gasteiger partial charge in [-0.25, -0.2) is 4.39 Å². The van der Waals surface area contributed by atoms with Crippen LogP contribution in [0.1, 0.15) is 18.5 Å². The Morgan fingerprint density at radius 1 is 1.54 bits per heavy atom. The molecule has 1 atom stereocenters. The fourth-order valence-corrected chi connectivity index (χ4v) is 1.53. The van der Waals surface area contributed by atoms with Gasteiger partial charge in [0.2, 0.25) is 0 Å². The summed E-state index contributed by atoms with van der Waals surface area (Å²) in [5, 5.41) is 0.248. The summed E-state index contributed by atoms with van der Waals surface area (Å²) in [6.07, 6.45) is 0. The number of nitrogens with two attached hydrogens (primary N) is 1. The minimum absolute atomic E-state index is 0.248. The van der Waals surface area contributed by atoms with E-state index in [0.717, 1.165) is 0 Å². The maximum absolute atomic E-state index is 13.2. The predicted octanol–water partition coefficient (Wildman–Crippen LogP) is 2.51. The maximum Gasteiger partial charge on any atom is 0.138 e. The molecule has 0 spiro atoms. The lowest BCUT2D eigenvalue weighted by molar-refractivity contribution is 0.412. The van der Waals surface area contributed by atoms with Crippen LogP contribution in [0.3, 0.4) is 0 Å². The fraction of sp³-hybridized carbons (Fsp3) is 0.333. The van der Waals surface area contributed by atoms with E-state index >= 15 is 0 Å². The van der Waals surface area contributed by atoms with Crippen molar-refractivity contribution < 1.29 is 9.13 Å². The zero-order valence-electron chi connectivity index (χ0n) is 7.47. The number of hydrogen-bond acceptors (Lipinski definition) is 2. The van der Waals surface area contributed by atoms with Gasteiger partial charge in [-0.1, -0.05) is 11.6 Å². The van der Waals surface area contributed by atoms with E-state index in [-0.39, 0.29) is 5.02 Å².